The lowest BCUT2D eigenvalue weighted by Gasteiger charge is -2.33. The number of nitrogens with one attached hydrogen (secondary N) is 1. The molecule has 1 aromatic heterocycles. The fraction of sp³-hybridized carbons (Fsp3) is 0.769. The van der Waals surface area contributed by atoms with Crippen LogP contribution in [-0.4, -0.2) is 61.9 Å². The van der Waals surface area contributed by atoms with Crippen LogP contribution in [-0.2, 0) is 9.59 Å². The summed E-state index contributed by atoms with van der Waals surface area (Å²) >= 11 is 0. The Morgan fingerprint density at radius 1 is 1.19 bits per heavy atom. The van der Waals surface area contributed by atoms with E-state index in [-0.39, 0.29) is 23.8 Å². The van der Waals surface area contributed by atoms with E-state index in [9.17, 15) is 9.59 Å². The molecule has 3 heterocycles. The van der Waals surface area contributed by atoms with Crippen LogP contribution in [0.1, 0.15) is 44.5 Å². The topological polar surface area (TPSA) is 95.1 Å². The molecule has 2 aliphatic rings. The second-order valence-electron chi connectivity index (χ2n) is 5.74. The maximum atomic E-state index is 12.7. The molecule has 8 nitrogen and oxygen atoms in total. The van der Waals surface area contributed by atoms with Crippen LogP contribution in [0.25, 0.3) is 0 Å². The number of hydrogen-bond donors (Lipinski definition) is 1. The third-order valence-electron chi connectivity index (χ3n) is 4.49. The van der Waals surface area contributed by atoms with Crippen LogP contribution in [0.3, 0.4) is 0 Å². The molecule has 0 radical (unpaired) electrons. The average Bonchev–Trinajstić information content (AvgIpc) is 3.17. The van der Waals surface area contributed by atoms with Crippen LogP contribution < -0.4 is 0 Å². The summed E-state index contributed by atoms with van der Waals surface area (Å²) in [6.45, 7) is 3.68. The van der Waals surface area contributed by atoms with E-state index in [0.717, 1.165) is 32.2 Å². The maximum Gasteiger partial charge on any atom is 0.226 e. The van der Waals surface area contributed by atoms with E-state index in [4.69, 9.17) is 0 Å². The zero-order chi connectivity index (χ0) is 14.8. The molecule has 2 amide bonds. The van der Waals surface area contributed by atoms with Crippen LogP contribution in [0.2, 0.25) is 0 Å². The van der Waals surface area contributed by atoms with Crippen molar-refractivity contribution in [2.24, 2.45) is 5.92 Å². The molecule has 2 aliphatic heterocycles. The summed E-state index contributed by atoms with van der Waals surface area (Å²) in [6, 6.07) is -0.0536. The van der Waals surface area contributed by atoms with Gasteiger partial charge in [-0.05, 0) is 25.7 Å². The SMILES string of the molecule is CC(=O)N1CCC(C(=O)N2CCCC2c2nn[nH]n2)CC1. The average molecular weight is 292 g/mol. The molecule has 1 unspecified atom stereocenters. The highest BCUT2D eigenvalue weighted by Gasteiger charge is 2.37. The molecule has 21 heavy (non-hydrogen) atoms. The zero-order valence-corrected chi connectivity index (χ0v) is 12.2. The van der Waals surface area contributed by atoms with Crippen LogP contribution in [0, 0.1) is 5.92 Å². The minimum absolute atomic E-state index is 0.00750. The van der Waals surface area contributed by atoms with E-state index < -0.39 is 0 Å². The summed E-state index contributed by atoms with van der Waals surface area (Å²) in [5.41, 5.74) is 0. The Hall–Kier alpha value is -1.99. The van der Waals surface area contributed by atoms with Crippen molar-refractivity contribution in [2.45, 2.75) is 38.6 Å². The molecule has 1 atom stereocenters. The van der Waals surface area contributed by atoms with E-state index in [0.29, 0.717) is 18.9 Å². The largest absolute Gasteiger partial charge is 0.343 e. The first kappa shape index (κ1) is 14.0. The van der Waals surface area contributed by atoms with Gasteiger partial charge < -0.3 is 9.80 Å². The number of rotatable bonds is 2. The van der Waals surface area contributed by atoms with E-state index >= 15 is 0 Å². The van der Waals surface area contributed by atoms with Gasteiger partial charge in [0.05, 0.1) is 6.04 Å². The Kier molecular flexibility index (Phi) is 3.85. The molecule has 1 aromatic rings. The van der Waals surface area contributed by atoms with Crippen molar-refractivity contribution in [1.29, 1.82) is 0 Å². The van der Waals surface area contributed by atoms with Crippen LogP contribution in [0.5, 0.6) is 0 Å². The molecular formula is C13H20N6O2. The Morgan fingerprint density at radius 2 is 1.95 bits per heavy atom. The van der Waals surface area contributed by atoms with Gasteiger partial charge in [-0.3, -0.25) is 9.59 Å². The van der Waals surface area contributed by atoms with Crippen molar-refractivity contribution < 1.29 is 9.59 Å². The van der Waals surface area contributed by atoms with Gasteiger partial charge in [-0.25, -0.2) is 0 Å². The van der Waals surface area contributed by atoms with Crippen LogP contribution >= 0.6 is 0 Å². The lowest BCUT2D eigenvalue weighted by molar-refractivity contribution is -0.141. The molecule has 2 saturated heterocycles. The standard InChI is InChI=1S/C13H20N6O2/c1-9(20)18-7-4-10(5-8-18)13(21)19-6-2-3-11(19)12-14-16-17-15-12/h10-11H,2-8H2,1H3,(H,14,15,16,17). The molecule has 2 fully saturated rings. The first-order valence-corrected chi connectivity index (χ1v) is 7.46. The fourth-order valence-electron chi connectivity index (χ4n) is 3.29. The minimum atomic E-state index is -0.0536. The maximum absolute atomic E-state index is 12.7. The number of hydrogen-bond acceptors (Lipinski definition) is 5. The minimum Gasteiger partial charge on any atom is -0.343 e. The Balaban J connectivity index is 1.64. The number of carbonyl (C=O) groups is 2. The Bertz CT molecular complexity index is 509. The lowest BCUT2D eigenvalue weighted by atomic mass is 9.95. The third-order valence-corrected chi connectivity index (χ3v) is 4.49. The van der Waals surface area contributed by atoms with Gasteiger partial charge >= 0.3 is 0 Å². The van der Waals surface area contributed by atoms with Gasteiger partial charge in [0.25, 0.3) is 0 Å². The van der Waals surface area contributed by atoms with Gasteiger partial charge in [0.2, 0.25) is 11.8 Å². The molecule has 0 spiro atoms. The number of tetrazole rings is 1. The van der Waals surface area contributed by atoms with Gasteiger partial charge in [0.15, 0.2) is 5.82 Å². The van der Waals surface area contributed by atoms with E-state index in [2.05, 4.69) is 20.6 Å². The van der Waals surface area contributed by atoms with Gasteiger partial charge in [0.1, 0.15) is 0 Å². The smallest absolute Gasteiger partial charge is 0.226 e. The summed E-state index contributed by atoms with van der Waals surface area (Å²) in [4.78, 5) is 27.8. The van der Waals surface area contributed by atoms with Gasteiger partial charge in [-0.2, -0.15) is 5.21 Å². The van der Waals surface area contributed by atoms with Crippen molar-refractivity contribution >= 4 is 11.8 Å². The summed E-state index contributed by atoms with van der Waals surface area (Å²) in [5.74, 6) is 0.868. The number of aromatic nitrogens is 4. The number of likely N-dealkylation sites (tertiary alicyclic amines) is 2. The summed E-state index contributed by atoms with van der Waals surface area (Å²) < 4.78 is 0. The molecule has 0 bridgehead atoms. The fourth-order valence-corrected chi connectivity index (χ4v) is 3.29. The number of aromatic amines is 1. The van der Waals surface area contributed by atoms with Crippen molar-refractivity contribution in [1.82, 2.24) is 30.4 Å². The predicted molar refractivity (Wildman–Crippen MR) is 72.8 cm³/mol. The second-order valence-corrected chi connectivity index (χ2v) is 5.74. The van der Waals surface area contributed by atoms with Crippen molar-refractivity contribution in [2.75, 3.05) is 19.6 Å². The van der Waals surface area contributed by atoms with Gasteiger partial charge in [-0.15, -0.1) is 10.2 Å². The number of amides is 2. The quantitative estimate of drug-likeness (QED) is 0.835. The van der Waals surface area contributed by atoms with Crippen molar-refractivity contribution in [3.63, 3.8) is 0 Å². The molecule has 3 rings (SSSR count). The normalized spacial score (nSPS) is 23.6. The van der Waals surface area contributed by atoms with Crippen molar-refractivity contribution in [3.05, 3.63) is 5.82 Å². The third kappa shape index (κ3) is 2.74. The molecule has 1 N–H and O–H groups in total. The number of H-pyrrole nitrogens is 1. The lowest BCUT2D eigenvalue weighted by Crippen LogP contribution is -2.43. The summed E-state index contributed by atoms with van der Waals surface area (Å²) in [7, 11) is 0. The summed E-state index contributed by atoms with van der Waals surface area (Å²) in [6.07, 6.45) is 3.34. The summed E-state index contributed by atoms with van der Waals surface area (Å²) in [5, 5.41) is 14.1. The first-order chi connectivity index (χ1) is 10.2. The van der Waals surface area contributed by atoms with Gasteiger partial charge in [-0.1, -0.05) is 5.21 Å². The predicted octanol–water partition coefficient (Wildman–Crippen LogP) is 0.122. The molecule has 8 heteroatoms. The molecule has 0 aliphatic carbocycles. The molecule has 0 saturated carbocycles. The Labute approximate surface area is 122 Å². The highest BCUT2D eigenvalue weighted by atomic mass is 16.2. The van der Waals surface area contributed by atoms with Crippen molar-refractivity contribution in [3.8, 4) is 0 Å². The van der Waals surface area contributed by atoms with E-state index in [1.165, 1.54) is 0 Å². The zero-order valence-electron chi connectivity index (χ0n) is 12.2. The van der Waals surface area contributed by atoms with Gasteiger partial charge in [0, 0.05) is 32.5 Å². The van der Waals surface area contributed by atoms with Crippen LogP contribution in [0.4, 0.5) is 0 Å². The molecular weight excluding hydrogens is 272 g/mol. The Morgan fingerprint density at radius 3 is 2.57 bits per heavy atom. The van der Waals surface area contributed by atoms with E-state index in [1.54, 1.807) is 6.92 Å². The number of piperidine rings is 1. The number of carbonyl (C=O) groups excluding carboxylic acids is 2. The first-order valence-electron chi connectivity index (χ1n) is 7.46. The molecule has 0 aromatic carbocycles. The second kappa shape index (κ2) is 5.79. The van der Waals surface area contributed by atoms with Crippen LogP contribution in [0.15, 0.2) is 0 Å². The molecule has 114 valence electrons. The monoisotopic (exact) mass is 292 g/mol. The highest BCUT2D eigenvalue weighted by molar-refractivity contribution is 5.80. The van der Waals surface area contributed by atoms with E-state index in [1.807, 2.05) is 9.80 Å². The highest BCUT2D eigenvalue weighted by Crippen LogP contribution is 2.32. The number of nitrogens with zero attached hydrogens (tertiary/aromatic N) is 5.